The Balaban J connectivity index is 1.93. The molecule has 2 aliphatic rings. The van der Waals surface area contributed by atoms with Crippen LogP contribution in [0.2, 0.25) is 0 Å². The van der Waals surface area contributed by atoms with Gasteiger partial charge in [-0.3, -0.25) is 4.99 Å². The second-order valence-electron chi connectivity index (χ2n) is 5.06. The Kier molecular flexibility index (Phi) is 2.55. The normalized spacial score (nSPS) is 26.4. The molecule has 0 amide bonds. The molecule has 2 unspecified atom stereocenters. The van der Waals surface area contributed by atoms with Crippen LogP contribution in [0.1, 0.15) is 50.5 Å². The van der Waals surface area contributed by atoms with Crippen LogP contribution in [0.25, 0.3) is 0 Å². The van der Waals surface area contributed by atoms with Crippen LogP contribution >= 0.6 is 0 Å². The van der Waals surface area contributed by atoms with E-state index >= 15 is 0 Å². The van der Waals surface area contributed by atoms with Crippen LogP contribution in [0.4, 0.5) is 5.69 Å². The number of aliphatic imine (C=N–C) groups is 1. The van der Waals surface area contributed by atoms with Crippen molar-refractivity contribution >= 4 is 11.4 Å². The van der Waals surface area contributed by atoms with E-state index in [4.69, 9.17) is 4.99 Å². The van der Waals surface area contributed by atoms with Gasteiger partial charge in [0.25, 0.3) is 0 Å². The Morgan fingerprint density at radius 3 is 2.75 bits per heavy atom. The van der Waals surface area contributed by atoms with Crippen LogP contribution in [0.5, 0.6) is 0 Å². The van der Waals surface area contributed by atoms with Crippen molar-refractivity contribution in [2.45, 2.75) is 44.9 Å². The van der Waals surface area contributed by atoms with Gasteiger partial charge in [-0.1, -0.05) is 31.5 Å². The Morgan fingerprint density at radius 2 is 2.00 bits per heavy atom. The summed E-state index contributed by atoms with van der Waals surface area (Å²) in [5.74, 6) is 1.57. The molecule has 1 saturated carbocycles. The van der Waals surface area contributed by atoms with E-state index in [1.165, 1.54) is 49.1 Å². The van der Waals surface area contributed by atoms with Gasteiger partial charge in [0.1, 0.15) is 0 Å². The van der Waals surface area contributed by atoms with Crippen molar-refractivity contribution in [3.63, 3.8) is 0 Å². The van der Waals surface area contributed by atoms with Gasteiger partial charge in [0.2, 0.25) is 0 Å². The number of nitrogens with zero attached hydrogens (tertiary/aromatic N) is 1. The average Bonchev–Trinajstić information content (AvgIpc) is 2.26. The third-order valence-electron chi connectivity index (χ3n) is 4.09. The highest BCUT2D eigenvalue weighted by Crippen LogP contribution is 2.50. The highest BCUT2D eigenvalue weighted by atomic mass is 14.8. The van der Waals surface area contributed by atoms with E-state index in [1.807, 2.05) is 0 Å². The van der Waals surface area contributed by atoms with E-state index in [0.29, 0.717) is 0 Å². The standard InChI is InChI=1S/C15H19N/c1-2-3-7-14-13-10-9-11(13)12-6-4-5-8-15(12)16-14/h4-6,8,11,13H,2-3,7,9-10H2,1H3. The van der Waals surface area contributed by atoms with Gasteiger partial charge in [-0.05, 0) is 43.2 Å². The summed E-state index contributed by atoms with van der Waals surface area (Å²) >= 11 is 0. The topological polar surface area (TPSA) is 12.4 Å². The maximum Gasteiger partial charge on any atom is 0.0664 e. The molecule has 0 spiro atoms. The van der Waals surface area contributed by atoms with Crippen LogP contribution < -0.4 is 0 Å². The molecule has 1 nitrogen and oxygen atoms in total. The fourth-order valence-corrected chi connectivity index (χ4v) is 3.01. The number of rotatable bonds is 3. The third kappa shape index (κ3) is 1.50. The van der Waals surface area contributed by atoms with Gasteiger partial charge in [-0.25, -0.2) is 0 Å². The molecule has 84 valence electrons. The van der Waals surface area contributed by atoms with Gasteiger partial charge in [-0.2, -0.15) is 0 Å². The minimum absolute atomic E-state index is 0.779. The number of hydrogen-bond donors (Lipinski definition) is 0. The van der Waals surface area contributed by atoms with Crippen LogP contribution in [-0.4, -0.2) is 5.71 Å². The SMILES string of the molecule is CCCCC1=Nc2ccccc2C2CCC12. The molecule has 1 heterocycles. The summed E-state index contributed by atoms with van der Waals surface area (Å²) in [7, 11) is 0. The molecule has 2 atom stereocenters. The molecule has 1 aromatic carbocycles. The molecule has 0 bridgehead atoms. The second kappa shape index (κ2) is 4.04. The average molecular weight is 213 g/mol. The monoisotopic (exact) mass is 213 g/mol. The van der Waals surface area contributed by atoms with Crippen LogP contribution in [0, 0.1) is 5.92 Å². The van der Waals surface area contributed by atoms with Crippen LogP contribution in [-0.2, 0) is 0 Å². The van der Waals surface area contributed by atoms with E-state index in [1.54, 1.807) is 0 Å². The first kappa shape index (κ1) is 10.1. The van der Waals surface area contributed by atoms with Crippen molar-refractivity contribution in [2.75, 3.05) is 0 Å². The first-order valence-corrected chi connectivity index (χ1v) is 6.56. The quantitative estimate of drug-likeness (QED) is 0.703. The lowest BCUT2D eigenvalue weighted by atomic mass is 9.65. The predicted molar refractivity (Wildman–Crippen MR) is 68.5 cm³/mol. The first-order chi connectivity index (χ1) is 7.90. The molecule has 0 radical (unpaired) electrons. The summed E-state index contributed by atoms with van der Waals surface area (Å²) in [5.41, 5.74) is 4.23. The van der Waals surface area contributed by atoms with Gasteiger partial charge in [-0.15, -0.1) is 0 Å². The zero-order valence-corrected chi connectivity index (χ0v) is 9.95. The van der Waals surface area contributed by atoms with E-state index < -0.39 is 0 Å². The smallest absolute Gasteiger partial charge is 0.0664 e. The molecular weight excluding hydrogens is 194 g/mol. The maximum absolute atomic E-state index is 4.88. The Bertz CT molecular complexity index is 419. The van der Waals surface area contributed by atoms with Gasteiger partial charge in [0.05, 0.1) is 5.69 Å². The molecule has 1 heteroatoms. The summed E-state index contributed by atoms with van der Waals surface area (Å²) in [4.78, 5) is 4.88. The molecule has 1 fully saturated rings. The van der Waals surface area contributed by atoms with Crippen molar-refractivity contribution in [1.29, 1.82) is 0 Å². The number of hydrogen-bond acceptors (Lipinski definition) is 1. The van der Waals surface area contributed by atoms with E-state index in [9.17, 15) is 0 Å². The summed E-state index contributed by atoms with van der Waals surface area (Å²) in [6, 6.07) is 8.71. The number of benzene rings is 1. The highest BCUT2D eigenvalue weighted by Gasteiger charge is 2.38. The van der Waals surface area contributed by atoms with Crippen molar-refractivity contribution < 1.29 is 0 Å². The molecule has 0 aromatic heterocycles. The minimum Gasteiger partial charge on any atom is -0.257 e. The molecule has 1 aliphatic heterocycles. The third-order valence-corrected chi connectivity index (χ3v) is 4.09. The van der Waals surface area contributed by atoms with E-state index in [0.717, 1.165) is 11.8 Å². The van der Waals surface area contributed by atoms with Crippen molar-refractivity contribution in [3.8, 4) is 0 Å². The molecule has 1 aromatic rings. The molecule has 1 aliphatic carbocycles. The largest absolute Gasteiger partial charge is 0.257 e. The summed E-state index contributed by atoms with van der Waals surface area (Å²) in [6.45, 7) is 2.26. The van der Waals surface area contributed by atoms with Gasteiger partial charge in [0.15, 0.2) is 0 Å². The van der Waals surface area contributed by atoms with Gasteiger partial charge >= 0.3 is 0 Å². The molecular formula is C15H19N. The minimum atomic E-state index is 0.779. The fourth-order valence-electron chi connectivity index (χ4n) is 3.01. The zero-order chi connectivity index (χ0) is 11.0. The molecule has 0 N–H and O–H groups in total. The number of fused-ring (bicyclic) bond motifs is 3. The highest BCUT2D eigenvalue weighted by molar-refractivity contribution is 5.93. The Hall–Kier alpha value is -1.11. The van der Waals surface area contributed by atoms with Gasteiger partial charge < -0.3 is 0 Å². The fraction of sp³-hybridized carbons (Fsp3) is 0.533. The Labute approximate surface area is 97.6 Å². The lowest BCUT2D eigenvalue weighted by molar-refractivity contribution is 0.330. The summed E-state index contributed by atoms with van der Waals surface area (Å²) in [6.07, 6.45) is 6.52. The van der Waals surface area contributed by atoms with Crippen molar-refractivity contribution in [3.05, 3.63) is 29.8 Å². The molecule has 3 rings (SSSR count). The maximum atomic E-state index is 4.88. The molecule has 0 saturated heterocycles. The Morgan fingerprint density at radius 1 is 1.19 bits per heavy atom. The number of para-hydroxylation sites is 1. The van der Waals surface area contributed by atoms with Crippen molar-refractivity contribution in [1.82, 2.24) is 0 Å². The second-order valence-corrected chi connectivity index (χ2v) is 5.06. The van der Waals surface area contributed by atoms with Crippen LogP contribution in [0.3, 0.4) is 0 Å². The summed E-state index contributed by atoms with van der Waals surface area (Å²) < 4.78 is 0. The lowest BCUT2D eigenvalue weighted by Crippen LogP contribution is -2.33. The van der Waals surface area contributed by atoms with Crippen molar-refractivity contribution in [2.24, 2.45) is 10.9 Å². The van der Waals surface area contributed by atoms with Crippen LogP contribution in [0.15, 0.2) is 29.3 Å². The van der Waals surface area contributed by atoms with E-state index in [-0.39, 0.29) is 0 Å². The van der Waals surface area contributed by atoms with E-state index in [2.05, 4.69) is 31.2 Å². The first-order valence-electron chi connectivity index (χ1n) is 6.56. The predicted octanol–water partition coefficient (Wildman–Crippen LogP) is 4.46. The number of unbranched alkanes of at least 4 members (excludes halogenated alkanes) is 1. The molecule has 16 heavy (non-hydrogen) atoms. The lowest BCUT2D eigenvalue weighted by Gasteiger charge is -2.41. The summed E-state index contributed by atoms with van der Waals surface area (Å²) in [5, 5.41) is 0. The van der Waals surface area contributed by atoms with Gasteiger partial charge in [0, 0.05) is 11.6 Å². The zero-order valence-electron chi connectivity index (χ0n) is 9.95.